The van der Waals surface area contributed by atoms with Crippen LogP contribution < -0.4 is 16.0 Å². The number of nitrogens with one attached hydrogen (secondary N) is 3. The molecule has 232 valence electrons. The van der Waals surface area contributed by atoms with E-state index in [1.165, 1.54) is 19.3 Å². The molecule has 0 aliphatic heterocycles. The zero-order valence-electron chi connectivity index (χ0n) is 26.5. The third-order valence-corrected chi connectivity index (χ3v) is 8.41. The second-order valence-electron chi connectivity index (χ2n) is 13.7. The Hall–Kier alpha value is -2.48. The van der Waals surface area contributed by atoms with Crippen LogP contribution in [0.1, 0.15) is 112 Å². The number of amides is 3. The van der Waals surface area contributed by atoms with Crippen molar-refractivity contribution in [1.82, 2.24) is 20.9 Å². The second-order valence-corrected chi connectivity index (χ2v) is 13.7. The number of rotatable bonds is 15. The van der Waals surface area contributed by atoms with E-state index in [-0.39, 0.29) is 47.9 Å². The van der Waals surface area contributed by atoms with Gasteiger partial charge in [-0.05, 0) is 48.1 Å². The van der Waals surface area contributed by atoms with Gasteiger partial charge in [0.2, 0.25) is 17.7 Å². The van der Waals surface area contributed by atoms with Crippen molar-refractivity contribution in [2.45, 2.75) is 131 Å². The van der Waals surface area contributed by atoms with Gasteiger partial charge in [0.15, 0.2) is 0 Å². The topological polar surface area (TPSA) is 120 Å². The zero-order chi connectivity index (χ0) is 30.6. The molecule has 5 atom stereocenters. The predicted molar refractivity (Wildman–Crippen MR) is 164 cm³/mol. The van der Waals surface area contributed by atoms with Crippen LogP contribution in [0.3, 0.4) is 0 Å². The number of carbonyl (C=O) groups is 3. The minimum atomic E-state index is -0.862. The average Bonchev–Trinajstić information content (AvgIpc) is 2.92. The summed E-state index contributed by atoms with van der Waals surface area (Å²) < 4.78 is 0. The number of aromatic nitrogens is 1. The summed E-state index contributed by atoms with van der Waals surface area (Å²) in [4.78, 5) is 44.0. The molecule has 0 saturated heterocycles. The summed E-state index contributed by atoms with van der Waals surface area (Å²) in [7, 11) is 0. The van der Waals surface area contributed by atoms with Crippen LogP contribution >= 0.6 is 0 Å². The van der Waals surface area contributed by atoms with Gasteiger partial charge in [-0.1, -0.05) is 93.1 Å². The SMILES string of the molecule is CC[C@H](C)[C@H](NC(=O)[C@H](C[C@H](O)[C@H](CC1CCCCC1)NC(=O)CC(C)(C)C)C(C)C)C(=O)NCc1ccccn1. The van der Waals surface area contributed by atoms with E-state index in [1.807, 2.05) is 66.7 Å². The molecule has 1 aromatic rings. The smallest absolute Gasteiger partial charge is 0.243 e. The Labute approximate surface area is 248 Å². The van der Waals surface area contributed by atoms with Gasteiger partial charge in [-0.25, -0.2) is 0 Å². The maximum absolute atomic E-state index is 13.7. The number of pyridine rings is 1. The van der Waals surface area contributed by atoms with E-state index >= 15 is 0 Å². The molecular formula is C33H56N4O4. The van der Waals surface area contributed by atoms with Crippen LogP contribution in [0.4, 0.5) is 0 Å². The first kappa shape index (κ1) is 34.7. The van der Waals surface area contributed by atoms with Crippen molar-refractivity contribution in [2.75, 3.05) is 0 Å². The third-order valence-electron chi connectivity index (χ3n) is 8.41. The lowest BCUT2D eigenvalue weighted by molar-refractivity contribution is -0.134. The third kappa shape index (κ3) is 12.5. The minimum Gasteiger partial charge on any atom is -0.391 e. The largest absolute Gasteiger partial charge is 0.391 e. The fourth-order valence-electron chi connectivity index (χ4n) is 5.69. The van der Waals surface area contributed by atoms with Crippen LogP contribution in [-0.4, -0.2) is 46.0 Å². The Morgan fingerprint density at radius 1 is 1.02 bits per heavy atom. The second kappa shape index (κ2) is 16.8. The fraction of sp³-hybridized carbons (Fsp3) is 0.758. The molecule has 0 unspecified atom stereocenters. The fourth-order valence-corrected chi connectivity index (χ4v) is 5.69. The molecule has 0 spiro atoms. The highest BCUT2D eigenvalue weighted by Crippen LogP contribution is 2.30. The van der Waals surface area contributed by atoms with Gasteiger partial charge in [0.05, 0.1) is 24.4 Å². The maximum Gasteiger partial charge on any atom is 0.243 e. The minimum absolute atomic E-state index is 0.0561. The van der Waals surface area contributed by atoms with Gasteiger partial charge < -0.3 is 21.1 Å². The molecule has 4 N–H and O–H groups in total. The molecule has 1 aliphatic rings. The molecule has 0 radical (unpaired) electrons. The van der Waals surface area contributed by atoms with Crippen molar-refractivity contribution in [3.63, 3.8) is 0 Å². The standard InChI is InChI=1S/C33H56N4O4/c1-8-23(4)30(32(41)35-21-25-16-12-13-17-34-25)37-31(40)26(22(2)3)19-28(38)27(18-24-14-10-9-11-15-24)36-29(39)20-33(5,6)7/h12-13,16-17,22-24,26-28,30,38H,8-11,14-15,18-21H2,1-7H3,(H,35,41)(H,36,39)(H,37,40)/t23-,26+,27-,28-,30-/m0/s1. The summed E-state index contributed by atoms with van der Waals surface area (Å²) >= 11 is 0. The number of nitrogens with zero attached hydrogens (tertiary/aromatic N) is 1. The van der Waals surface area contributed by atoms with Gasteiger partial charge in [-0.3, -0.25) is 19.4 Å². The quantitative estimate of drug-likeness (QED) is 0.232. The lowest BCUT2D eigenvalue weighted by Crippen LogP contribution is -2.53. The summed E-state index contributed by atoms with van der Waals surface area (Å²) in [6, 6.07) is 4.43. The summed E-state index contributed by atoms with van der Waals surface area (Å²) in [5.41, 5.74) is 0.586. The van der Waals surface area contributed by atoms with Crippen LogP contribution in [0.2, 0.25) is 0 Å². The zero-order valence-corrected chi connectivity index (χ0v) is 26.5. The van der Waals surface area contributed by atoms with Crippen molar-refractivity contribution in [1.29, 1.82) is 0 Å². The molecule has 41 heavy (non-hydrogen) atoms. The van der Waals surface area contributed by atoms with Crippen molar-refractivity contribution in [3.8, 4) is 0 Å². The van der Waals surface area contributed by atoms with Crippen LogP contribution in [0.25, 0.3) is 0 Å². The number of aliphatic hydroxyl groups excluding tert-OH is 1. The van der Waals surface area contributed by atoms with E-state index in [2.05, 4.69) is 20.9 Å². The van der Waals surface area contributed by atoms with E-state index < -0.39 is 24.1 Å². The van der Waals surface area contributed by atoms with Crippen LogP contribution in [0, 0.1) is 29.1 Å². The summed E-state index contributed by atoms with van der Waals surface area (Å²) in [5.74, 6) is -0.726. The summed E-state index contributed by atoms with van der Waals surface area (Å²) in [6.07, 6.45) is 8.67. The monoisotopic (exact) mass is 572 g/mol. The molecular weight excluding hydrogens is 516 g/mol. The Morgan fingerprint density at radius 2 is 1.71 bits per heavy atom. The number of hydrogen-bond acceptors (Lipinski definition) is 5. The number of hydrogen-bond donors (Lipinski definition) is 4. The molecule has 1 aliphatic carbocycles. The van der Waals surface area contributed by atoms with Gasteiger partial charge in [-0.15, -0.1) is 0 Å². The first-order valence-corrected chi connectivity index (χ1v) is 15.8. The molecule has 3 amide bonds. The molecule has 1 fully saturated rings. The van der Waals surface area contributed by atoms with Gasteiger partial charge in [0, 0.05) is 18.5 Å². The molecule has 8 nitrogen and oxygen atoms in total. The highest BCUT2D eigenvalue weighted by Gasteiger charge is 2.35. The first-order valence-electron chi connectivity index (χ1n) is 15.8. The molecule has 1 saturated carbocycles. The predicted octanol–water partition coefficient (Wildman–Crippen LogP) is 5.14. The summed E-state index contributed by atoms with van der Waals surface area (Å²) in [5, 5.41) is 20.5. The maximum atomic E-state index is 13.7. The van der Waals surface area contributed by atoms with Crippen molar-refractivity contribution < 1.29 is 19.5 Å². The Bertz CT molecular complexity index is 940. The lowest BCUT2D eigenvalue weighted by atomic mass is 9.80. The van der Waals surface area contributed by atoms with Crippen LogP contribution in [-0.2, 0) is 20.9 Å². The van der Waals surface area contributed by atoms with E-state index in [0.717, 1.165) is 31.4 Å². The number of carbonyl (C=O) groups excluding carboxylic acids is 3. The van der Waals surface area contributed by atoms with Gasteiger partial charge >= 0.3 is 0 Å². The molecule has 1 aromatic heterocycles. The highest BCUT2D eigenvalue weighted by molar-refractivity contribution is 5.88. The van der Waals surface area contributed by atoms with Crippen LogP contribution in [0.5, 0.6) is 0 Å². The molecule has 8 heteroatoms. The van der Waals surface area contributed by atoms with Crippen molar-refractivity contribution in [2.24, 2.45) is 29.1 Å². The van der Waals surface area contributed by atoms with Crippen LogP contribution in [0.15, 0.2) is 24.4 Å². The summed E-state index contributed by atoms with van der Waals surface area (Å²) in [6.45, 7) is 14.2. The van der Waals surface area contributed by atoms with Gasteiger partial charge in [0.1, 0.15) is 6.04 Å². The highest BCUT2D eigenvalue weighted by atomic mass is 16.3. The van der Waals surface area contributed by atoms with Gasteiger partial charge in [-0.2, -0.15) is 0 Å². The molecule has 2 rings (SSSR count). The molecule has 0 bridgehead atoms. The first-order chi connectivity index (χ1) is 19.3. The average molecular weight is 573 g/mol. The van der Waals surface area contributed by atoms with E-state index in [9.17, 15) is 19.5 Å². The normalized spacial score (nSPS) is 18.2. The Kier molecular flexibility index (Phi) is 14.3. The lowest BCUT2D eigenvalue weighted by Gasteiger charge is -2.33. The molecule has 0 aromatic carbocycles. The Morgan fingerprint density at radius 3 is 2.27 bits per heavy atom. The number of aliphatic hydroxyl groups is 1. The van der Waals surface area contributed by atoms with E-state index in [4.69, 9.17) is 0 Å². The van der Waals surface area contributed by atoms with E-state index in [1.54, 1.807) is 6.20 Å². The molecule has 1 heterocycles. The van der Waals surface area contributed by atoms with Gasteiger partial charge in [0.25, 0.3) is 0 Å². The Balaban J connectivity index is 2.13. The van der Waals surface area contributed by atoms with Crippen molar-refractivity contribution in [3.05, 3.63) is 30.1 Å². The van der Waals surface area contributed by atoms with E-state index in [0.29, 0.717) is 12.3 Å². The van der Waals surface area contributed by atoms with Crippen molar-refractivity contribution >= 4 is 17.7 Å².